The van der Waals surface area contributed by atoms with E-state index < -0.39 is 0 Å². The molecule has 1 rings (SSSR count). The maximum Gasteiger partial charge on any atom is 0.0323 e. The Kier molecular flexibility index (Phi) is 15.6. The molecule has 0 spiro atoms. The summed E-state index contributed by atoms with van der Waals surface area (Å²) in [4.78, 5) is 5.45. The van der Waals surface area contributed by atoms with E-state index in [-0.39, 0.29) is 0 Å². The van der Waals surface area contributed by atoms with Crippen molar-refractivity contribution in [3.05, 3.63) is 6.92 Å². The summed E-state index contributed by atoms with van der Waals surface area (Å²) < 4.78 is 0. The van der Waals surface area contributed by atoms with Crippen LogP contribution in [0, 0.1) is 6.92 Å². The smallest absolute Gasteiger partial charge is 0.0323 e. The molecule has 0 bridgehead atoms. The molecule has 1 radical (unpaired) electrons. The molecule has 1 aliphatic rings. The Bertz CT molecular complexity index is 283. The summed E-state index contributed by atoms with van der Waals surface area (Å²) in [5, 5.41) is 3.79. The normalized spacial score (nSPS) is 18.7. The van der Waals surface area contributed by atoms with Crippen LogP contribution in [0.25, 0.3) is 0 Å². The van der Waals surface area contributed by atoms with E-state index in [0.29, 0.717) is 6.04 Å². The van der Waals surface area contributed by atoms with Crippen molar-refractivity contribution in [3.8, 4) is 0 Å². The van der Waals surface area contributed by atoms with Gasteiger partial charge in [0.25, 0.3) is 0 Å². The van der Waals surface area contributed by atoms with Gasteiger partial charge < -0.3 is 15.1 Å². The van der Waals surface area contributed by atoms with Crippen LogP contribution in [-0.2, 0) is 0 Å². The second kappa shape index (κ2) is 17.0. The summed E-state index contributed by atoms with van der Waals surface area (Å²) in [6.45, 7) is 17.3. The molecule has 0 amide bonds. The molecule has 1 saturated heterocycles. The lowest BCUT2D eigenvalue weighted by Gasteiger charge is -2.36. The highest BCUT2D eigenvalue weighted by Crippen LogP contribution is 2.09. The fraction of sp³-hybridized carbons (Fsp3) is 0.957. The summed E-state index contributed by atoms with van der Waals surface area (Å²) in [5.74, 6) is 0. The van der Waals surface area contributed by atoms with Crippen LogP contribution in [0.15, 0.2) is 0 Å². The second-order valence-electron chi connectivity index (χ2n) is 8.29. The van der Waals surface area contributed by atoms with Gasteiger partial charge in [0.15, 0.2) is 0 Å². The zero-order chi connectivity index (χ0) is 18.9. The van der Waals surface area contributed by atoms with E-state index in [1.165, 1.54) is 116 Å². The van der Waals surface area contributed by atoms with E-state index in [2.05, 4.69) is 35.9 Å². The number of piperazine rings is 1. The molecule has 1 atom stereocenters. The Morgan fingerprint density at radius 2 is 1.54 bits per heavy atom. The molecule has 3 heteroatoms. The summed E-state index contributed by atoms with van der Waals surface area (Å²) in [6.07, 6.45) is 16.1. The average molecular weight is 367 g/mol. The molecule has 1 fully saturated rings. The van der Waals surface area contributed by atoms with Gasteiger partial charge in [-0.25, -0.2) is 0 Å². The SMILES string of the molecule is [CH2]CCCCCN1CCNC(CN(CCCCCC)CCCCCC)C1. The average Bonchev–Trinajstić information content (AvgIpc) is 2.66. The number of rotatable bonds is 17. The third-order valence-electron chi connectivity index (χ3n) is 5.70. The molecule has 1 aliphatic heterocycles. The van der Waals surface area contributed by atoms with E-state index in [4.69, 9.17) is 0 Å². The molecule has 155 valence electrons. The maximum absolute atomic E-state index is 3.96. The van der Waals surface area contributed by atoms with Crippen molar-refractivity contribution in [1.82, 2.24) is 15.1 Å². The Balaban J connectivity index is 2.32. The Labute approximate surface area is 165 Å². The molecule has 0 aliphatic carbocycles. The van der Waals surface area contributed by atoms with Gasteiger partial charge in [0.05, 0.1) is 0 Å². The van der Waals surface area contributed by atoms with Gasteiger partial charge in [0.1, 0.15) is 0 Å². The highest BCUT2D eigenvalue weighted by Gasteiger charge is 2.21. The fourth-order valence-electron chi connectivity index (χ4n) is 4.04. The van der Waals surface area contributed by atoms with E-state index in [9.17, 15) is 0 Å². The maximum atomic E-state index is 3.96. The van der Waals surface area contributed by atoms with Gasteiger partial charge in [-0.3, -0.25) is 0 Å². The third-order valence-corrected chi connectivity index (χ3v) is 5.70. The van der Waals surface area contributed by atoms with Gasteiger partial charge in [-0.1, -0.05) is 78.6 Å². The number of nitrogens with zero attached hydrogens (tertiary/aromatic N) is 2. The molecule has 0 aromatic carbocycles. The van der Waals surface area contributed by atoms with Gasteiger partial charge in [0, 0.05) is 32.2 Å². The first-order valence-corrected chi connectivity index (χ1v) is 11.8. The summed E-state index contributed by atoms with van der Waals surface area (Å²) >= 11 is 0. The van der Waals surface area contributed by atoms with E-state index in [1.807, 2.05) is 0 Å². The van der Waals surface area contributed by atoms with Gasteiger partial charge in [-0.2, -0.15) is 0 Å². The molecule has 0 saturated carbocycles. The molecule has 0 aromatic rings. The first-order chi connectivity index (χ1) is 12.8. The molecule has 26 heavy (non-hydrogen) atoms. The first kappa shape index (κ1) is 23.9. The molecule has 1 N–H and O–H groups in total. The Morgan fingerprint density at radius 3 is 2.15 bits per heavy atom. The van der Waals surface area contributed by atoms with E-state index in [1.54, 1.807) is 0 Å². The number of nitrogens with one attached hydrogen (secondary N) is 1. The third kappa shape index (κ3) is 12.3. The van der Waals surface area contributed by atoms with Crippen molar-refractivity contribution in [1.29, 1.82) is 0 Å². The molecule has 1 unspecified atom stereocenters. The van der Waals surface area contributed by atoms with Crippen LogP contribution in [0.1, 0.15) is 90.9 Å². The lowest BCUT2D eigenvalue weighted by molar-refractivity contribution is 0.154. The lowest BCUT2D eigenvalue weighted by atomic mass is 10.1. The van der Waals surface area contributed by atoms with Crippen LogP contribution in [-0.4, -0.2) is 61.7 Å². The van der Waals surface area contributed by atoms with Crippen LogP contribution in [0.2, 0.25) is 0 Å². The zero-order valence-electron chi connectivity index (χ0n) is 18.1. The highest BCUT2D eigenvalue weighted by molar-refractivity contribution is 4.81. The van der Waals surface area contributed by atoms with Crippen LogP contribution in [0.3, 0.4) is 0 Å². The molecular weight excluding hydrogens is 318 g/mol. The topological polar surface area (TPSA) is 18.5 Å². The van der Waals surface area contributed by atoms with Gasteiger partial charge in [-0.15, -0.1) is 0 Å². The standard InChI is InChI=1S/C23H48N3/c1-4-7-10-13-17-25(18-14-11-8-5-2)21-23-22-26(20-16-24-23)19-15-12-9-6-3/h23-24H,3-22H2,1-2H3. The van der Waals surface area contributed by atoms with Crippen molar-refractivity contribution in [2.75, 3.05) is 45.8 Å². The van der Waals surface area contributed by atoms with Gasteiger partial charge in [-0.05, 0) is 38.9 Å². The first-order valence-electron chi connectivity index (χ1n) is 11.8. The Morgan fingerprint density at radius 1 is 0.885 bits per heavy atom. The van der Waals surface area contributed by atoms with Crippen molar-refractivity contribution in [2.24, 2.45) is 0 Å². The Hall–Kier alpha value is -0.120. The largest absolute Gasteiger partial charge is 0.310 e. The lowest BCUT2D eigenvalue weighted by Crippen LogP contribution is -2.55. The minimum Gasteiger partial charge on any atom is -0.310 e. The number of hydrogen-bond acceptors (Lipinski definition) is 3. The van der Waals surface area contributed by atoms with Crippen molar-refractivity contribution in [2.45, 2.75) is 96.9 Å². The zero-order valence-corrected chi connectivity index (χ0v) is 18.1. The minimum atomic E-state index is 0.661. The summed E-state index contributed by atoms with van der Waals surface area (Å²) in [6, 6.07) is 0.661. The van der Waals surface area contributed by atoms with Crippen LogP contribution in [0.4, 0.5) is 0 Å². The fourth-order valence-corrected chi connectivity index (χ4v) is 4.04. The van der Waals surface area contributed by atoms with Crippen LogP contribution >= 0.6 is 0 Å². The second-order valence-corrected chi connectivity index (χ2v) is 8.29. The predicted octanol–water partition coefficient (Wildman–Crippen LogP) is 5.12. The summed E-state index contributed by atoms with van der Waals surface area (Å²) in [5.41, 5.74) is 0. The number of hydrogen-bond donors (Lipinski definition) is 1. The van der Waals surface area contributed by atoms with Gasteiger partial charge >= 0.3 is 0 Å². The molecular formula is C23H48N3. The number of unbranched alkanes of at least 4 members (excludes halogenated alkanes) is 9. The monoisotopic (exact) mass is 366 g/mol. The molecule has 1 heterocycles. The van der Waals surface area contributed by atoms with Gasteiger partial charge in [0.2, 0.25) is 0 Å². The van der Waals surface area contributed by atoms with Crippen molar-refractivity contribution < 1.29 is 0 Å². The van der Waals surface area contributed by atoms with E-state index >= 15 is 0 Å². The van der Waals surface area contributed by atoms with Crippen molar-refractivity contribution in [3.63, 3.8) is 0 Å². The predicted molar refractivity (Wildman–Crippen MR) is 117 cm³/mol. The van der Waals surface area contributed by atoms with Crippen molar-refractivity contribution >= 4 is 0 Å². The minimum absolute atomic E-state index is 0.661. The quantitative estimate of drug-likeness (QED) is 0.361. The van der Waals surface area contributed by atoms with Crippen LogP contribution < -0.4 is 5.32 Å². The molecule has 3 nitrogen and oxygen atoms in total. The highest BCUT2D eigenvalue weighted by atomic mass is 15.2. The summed E-state index contributed by atoms with van der Waals surface area (Å²) in [7, 11) is 0. The van der Waals surface area contributed by atoms with Crippen LogP contribution in [0.5, 0.6) is 0 Å². The van der Waals surface area contributed by atoms with E-state index in [0.717, 1.165) is 6.42 Å². The molecule has 0 aromatic heterocycles.